The Balaban J connectivity index is 1.87. The van der Waals surface area contributed by atoms with Crippen molar-refractivity contribution >= 4 is 26.4 Å². The molecule has 2 saturated heterocycles. The fraction of sp³-hybridized carbons (Fsp3) is 0.553. The van der Waals surface area contributed by atoms with Gasteiger partial charge in [0.15, 0.2) is 8.32 Å². The monoisotopic (exact) mass is 714 g/mol. The molecule has 0 saturated carbocycles. The minimum Gasteiger partial charge on any atom is -0.447 e. The van der Waals surface area contributed by atoms with Crippen molar-refractivity contribution in [2.75, 3.05) is 19.8 Å². The molecule has 4 rings (SSSR count). The van der Waals surface area contributed by atoms with Crippen molar-refractivity contribution in [2.24, 2.45) is 5.92 Å². The number of imide groups is 1. The van der Waals surface area contributed by atoms with Gasteiger partial charge in [-0.25, -0.2) is 23.3 Å². The maximum absolute atomic E-state index is 15.0. The first-order chi connectivity index (χ1) is 23.3. The number of likely N-dealkylation sites (tertiary alicyclic amines) is 1. The third-order valence-electron chi connectivity index (χ3n) is 9.60. The topological polar surface area (TPSA) is 94.6 Å². The van der Waals surface area contributed by atoms with E-state index in [1.165, 1.54) is 17.0 Å². The van der Waals surface area contributed by atoms with Crippen LogP contribution in [0, 0.1) is 17.6 Å². The highest BCUT2D eigenvalue weighted by atomic mass is 28.4. The molecule has 2 heterocycles. The summed E-state index contributed by atoms with van der Waals surface area (Å²) >= 11 is 0. The Hall–Kier alpha value is -3.61. The molecule has 2 aromatic carbocycles. The average molecular weight is 715 g/mol. The lowest BCUT2D eigenvalue weighted by atomic mass is 9.87. The average Bonchev–Trinajstić information content (AvgIpc) is 3.59. The number of ether oxygens (including phenoxy) is 3. The van der Waals surface area contributed by atoms with Crippen molar-refractivity contribution in [3.05, 3.63) is 83.9 Å². The standard InChI is InChI=1S/C38H52F2N2O7Si/c1-10-16-46-30-22-32(41(23-30)35(44)48-37(2,3)4)33(49-50(8,9)38(5,6)7)31(20-26-17-27(39)21-28(40)18-26)34(43)42-29(24-47-36(42)45)19-25-14-12-11-13-15-25/h10-15,17-18,21,29-33H,1,16,19-20,22-24H2,2-9H3/t29-,30+,31-,32+,33-/m0/s1. The number of cyclic esters (lactones) is 1. The van der Waals surface area contributed by atoms with Gasteiger partial charge >= 0.3 is 12.2 Å². The molecule has 0 bridgehead atoms. The Morgan fingerprint density at radius 1 is 1.04 bits per heavy atom. The highest BCUT2D eigenvalue weighted by Gasteiger charge is 2.53. The number of benzene rings is 2. The Bertz CT molecular complexity index is 1500. The molecule has 2 aliphatic rings. The molecular weight excluding hydrogens is 663 g/mol. The predicted octanol–water partition coefficient (Wildman–Crippen LogP) is 7.68. The fourth-order valence-electron chi connectivity index (χ4n) is 6.21. The Kier molecular flexibility index (Phi) is 12.3. The minimum absolute atomic E-state index is 0.0144. The van der Waals surface area contributed by atoms with Gasteiger partial charge in [0, 0.05) is 6.07 Å². The van der Waals surface area contributed by atoms with Crippen LogP contribution in [0.3, 0.4) is 0 Å². The molecule has 0 spiro atoms. The normalized spacial score (nSPS) is 21.2. The summed E-state index contributed by atoms with van der Waals surface area (Å²) in [5, 5.41) is -0.333. The minimum atomic E-state index is -2.75. The zero-order valence-electron chi connectivity index (χ0n) is 30.5. The van der Waals surface area contributed by atoms with E-state index in [9.17, 15) is 18.4 Å². The van der Waals surface area contributed by atoms with E-state index in [0.717, 1.165) is 16.5 Å². The lowest BCUT2D eigenvalue weighted by Gasteiger charge is -2.45. The second kappa shape index (κ2) is 15.7. The molecule has 0 radical (unpaired) electrons. The van der Waals surface area contributed by atoms with Gasteiger partial charge in [-0.3, -0.25) is 9.69 Å². The first-order valence-corrected chi connectivity index (χ1v) is 20.1. The van der Waals surface area contributed by atoms with Gasteiger partial charge in [-0.05, 0) is 81.4 Å². The lowest BCUT2D eigenvalue weighted by molar-refractivity contribution is -0.138. The van der Waals surface area contributed by atoms with E-state index < -0.39 is 73.9 Å². The largest absolute Gasteiger partial charge is 0.447 e. The second-order valence-corrected chi connectivity index (χ2v) is 20.5. The molecule has 0 unspecified atom stereocenters. The van der Waals surface area contributed by atoms with Crippen molar-refractivity contribution in [3.63, 3.8) is 0 Å². The molecule has 3 amide bonds. The van der Waals surface area contributed by atoms with Gasteiger partial charge < -0.3 is 18.6 Å². The highest BCUT2D eigenvalue weighted by Crippen LogP contribution is 2.42. The van der Waals surface area contributed by atoms with Gasteiger partial charge in [0.05, 0.1) is 43.4 Å². The van der Waals surface area contributed by atoms with Crippen molar-refractivity contribution < 1.29 is 41.8 Å². The molecule has 0 aromatic heterocycles. The maximum atomic E-state index is 15.0. The summed E-state index contributed by atoms with van der Waals surface area (Å²) in [7, 11) is -2.75. The number of hydrogen-bond acceptors (Lipinski definition) is 7. The zero-order valence-corrected chi connectivity index (χ0v) is 31.5. The van der Waals surface area contributed by atoms with Crippen LogP contribution in [-0.4, -0.2) is 85.9 Å². The summed E-state index contributed by atoms with van der Waals surface area (Å²) in [5.74, 6) is -3.38. The smallest absolute Gasteiger partial charge is 0.416 e. The van der Waals surface area contributed by atoms with E-state index >= 15 is 4.79 Å². The maximum Gasteiger partial charge on any atom is 0.416 e. The predicted molar refractivity (Wildman–Crippen MR) is 189 cm³/mol. The van der Waals surface area contributed by atoms with E-state index in [4.69, 9.17) is 18.6 Å². The van der Waals surface area contributed by atoms with Gasteiger partial charge in [-0.15, -0.1) is 6.58 Å². The quantitative estimate of drug-likeness (QED) is 0.164. The van der Waals surface area contributed by atoms with Crippen LogP contribution in [0.1, 0.15) is 59.1 Å². The van der Waals surface area contributed by atoms with Gasteiger partial charge in [-0.2, -0.15) is 0 Å². The third-order valence-corrected chi connectivity index (χ3v) is 14.1. The van der Waals surface area contributed by atoms with Crippen LogP contribution in [0.4, 0.5) is 18.4 Å². The van der Waals surface area contributed by atoms with Gasteiger partial charge in [0.2, 0.25) is 5.91 Å². The number of halogens is 2. The molecule has 2 aromatic rings. The van der Waals surface area contributed by atoms with Crippen LogP contribution in [0.15, 0.2) is 61.2 Å². The molecule has 12 heteroatoms. The Labute approximate surface area is 296 Å². The van der Waals surface area contributed by atoms with Crippen LogP contribution in [0.5, 0.6) is 0 Å². The first-order valence-electron chi connectivity index (χ1n) is 17.2. The second-order valence-electron chi connectivity index (χ2n) is 15.7. The van der Waals surface area contributed by atoms with E-state index in [2.05, 4.69) is 27.4 Å². The number of carbonyl (C=O) groups is 3. The van der Waals surface area contributed by atoms with Crippen LogP contribution in [0.25, 0.3) is 0 Å². The first kappa shape index (κ1) is 39.2. The summed E-state index contributed by atoms with van der Waals surface area (Å²) in [6, 6.07) is 11.2. The summed E-state index contributed by atoms with van der Waals surface area (Å²) < 4.78 is 53.8. The van der Waals surface area contributed by atoms with Crippen molar-refractivity contribution in [2.45, 2.75) is 109 Å². The third kappa shape index (κ3) is 9.79. The summed E-state index contributed by atoms with van der Waals surface area (Å²) in [5.41, 5.74) is 0.286. The number of carbonyl (C=O) groups excluding carboxylic acids is 3. The van der Waals surface area contributed by atoms with Gasteiger partial charge in [0.1, 0.15) is 23.8 Å². The number of rotatable bonds is 12. The van der Waals surface area contributed by atoms with Crippen molar-refractivity contribution in [1.29, 1.82) is 0 Å². The van der Waals surface area contributed by atoms with Crippen LogP contribution in [0.2, 0.25) is 18.1 Å². The van der Waals surface area contributed by atoms with Crippen LogP contribution in [-0.2, 0) is 36.3 Å². The molecule has 274 valence electrons. The number of amides is 3. The van der Waals surface area contributed by atoms with Crippen LogP contribution >= 0.6 is 0 Å². The molecule has 0 N–H and O–H groups in total. The lowest BCUT2D eigenvalue weighted by Crippen LogP contribution is -2.58. The van der Waals surface area contributed by atoms with E-state index in [-0.39, 0.29) is 43.2 Å². The van der Waals surface area contributed by atoms with Gasteiger partial charge in [-0.1, -0.05) is 57.2 Å². The molecule has 0 aliphatic carbocycles. The van der Waals surface area contributed by atoms with Crippen LogP contribution < -0.4 is 0 Å². The SMILES string of the molecule is C=CCO[C@@H]1C[C@H]([C@@H](O[Si](C)(C)C(C)(C)C)[C@H](Cc2cc(F)cc(F)c2)C(=O)N2C(=O)OC[C@@H]2Cc2ccccc2)N(C(=O)OC(C)(C)C)C1. The van der Waals surface area contributed by atoms with E-state index in [1.807, 2.05) is 43.4 Å². The zero-order chi connectivity index (χ0) is 37.0. The van der Waals surface area contributed by atoms with E-state index in [1.54, 1.807) is 26.8 Å². The molecule has 5 atom stereocenters. The fourth-order valence-corrected chi connectivity index (χ4v) is 7.57. The molecule has 2 fully saturated rings. The van der Waals surface area contributed by atoms with Crippen molar-refractivity contribution in [3.8, 4) is 0 Å². The Morgan fingerprint density at radius 2 is 1.68 bits per heavy atom. The number of hydrogen-bond donors (Lipinski definition) is 0. The molecular formula is C38H52F2N2O7Si. The highest BCUT2D eigenvalue weighted by molar-refractivity contribution is 6.74. The van der Waals surface area contributed by atoms with E-state index in [0.29, 0.717) is 6.42 Å². The molecule has 50 heavy (non-hydrogen) atoms. The molecule has 9 nitrogen and oxygen atoms in total. The summed E-state index contributed by atoms with van der Waals surface area (Å²) in [4.78, 5) is 44.9. The molecule has 2 aliphatic heterocycles. The Morgan fingerprint density at radius 3 is 2.26 bits per heavy atom. The van der Waals surface area contributed by atoms with Gasteiger partial charge in [0.25, 0.3) is 0 Å². The number of nitrogens with zero attached hydrogens (tertiary/aromatic N) is 2. The van der Waals surface area contributed by atoms with Crippen molar-refractivity contribution in [1.82, 2.24) is 9.80 Å². The summed E-state index contributed by atoms with van der Waals surface area (Å²) in [6.07, 6.45) is -0.811. The summed E-state index contributed by atoms with van der Waals surface area (Å²) in [6.45, 7) is 19.7.